The molecule has 1 amide bonds. The lowest BCUT2D eigenvalue weighted by molar-refractivity contribution is 0.0747. The molecule has 0 bridgehead atoms. The van der Waals surface area contributed by atoms with Gasteiger partial charge in [-0.1, -0.05) is 23.7 Å². The van der Waals surface area contributed by atoms with Gasteiger partial charge >= 0.3 is 0 Å². The van der Waals surface area contributed by atoms with Gasteiger partial charge in [0.05, 0.1) is 27.6 Å². The van der Waals surface area contributed by atoms with Crippen LogP contribution in [0.25, 0.3) is 5.69 Å². The minimum atomic E-state index is -0.0313. The van der Waals surface area contributed by atoms with Crippen LogP contribution in [0.5, 0.6) is 0 Å². The number of nitrogen functional groups attached to an aromatic ring is 1. The zero-order chi connectivity index (χ0) is 18.8. The number of benzene rings is 2. The third kappa shape index (κ3) is 3.46. The molecule has 0 saturated carbocycles. The molecule has 3 aromatic rings. The minimum Gasteiger partial charge on any atom is -0.397 e. The van der Waals surface area contributed by atoms with E-state index in [1.165, 1.54) is 0 Å². The van der Waals surface area contributed by atoms with Crippen LogP contribution in [0.15, 0.2) is 55.1 Å². The zero-order valence-corrected chi connectivity index (χ0v) is 15.4. The van der Waals surface area contributed by atoms with E-state index in [9.17, 15) is 4.79 Å². The average molecular weight is 383 g/mol. The van der Waals surface area contributed by atoms with E-state index < -0.39 is 0 Å². The van der Waals surface area contributed by atoms with Gasteiger partial charge in [-0.3, -0.25) is 9.36 Å². The van der Waals surface area contributed by atoms with Gasteiger partial charge in [0.15, 0.2) is 0 Å². The van der Waals surface area contributed by atoms with Gasteiger partial charge < -0.3 is 15.5 Å². The lowest BCUT2D eigenvalue weighted by Gasteiger charge is -2.36. The molecule has 8 heteroatoms. The van der Waals surface area contributed by atoms with Crippen LogP contribution in [0, 0.1) is 0 Å². The Bertz CT molecular complexity index is 951. The molecule has 1 aliphatic rings. The van der Waals surface area contributed by atoms with E-state index in [1.807, 2.05) is 35.2 Å². The van der Waals surface area contributed by atoms with Crippen LogP contribution < -0.4 is 10.6 Å². The predicted molar refractivity (Wildman–Crippen MR) is 105 cm³/mol. The summed E-state index contributed by atoms with van der Waals surface area (Å²) < 4.78 is 1.81. The summed E-state index contributed by atoms with van der Waals surface area (Å²) in [6.45, 7) is 2.67. The first-order chi connectivity index (χ1) is 13.1. The van der Waals surface area contributed by atoms with Crippen molar-refractivity contribution in [2.75, 3.05) is 36.8 Å². The van der Waals surface area contributed by atoms with Gasteiger partial charge in [0, 0.05) is 26.2 Å². The quantitative estimate of drug-likeness (QED) is 0.704. The Morgan fingerprint density at radius 2 is 1.70 bits per heavy atom. The molecule has 4 rings (SSSR count). The van der Waals surface area contributed by atoms with Crippen LogP contribution >= 0.6 is 11.6 Å². The maximum Gasteiger partial charge on any atom is 0.255 e. The number of nitrogens with zero attached hydrogens (tertiary/aromatic N) is 5. The molecular formula is C19H19ClN6O. The molecule has 1 aliphatic heterocycles. The largest absolute Gasteiger partial charge is 0.397 e. The molecule has 2 N–H and O–H groups in total. The van der Waals surface area contributed by atoms with Crippen molar-refractivity contribution in [3.05, 3.63) is 65.7 Å². The fourth-order valence-electron chi connectivity index (χ4n) is 3.28. The maximum absolute atomic E-state index is 12.7. The number of carbonyl (C=O) groups is 1. The van der Waals surface area contributed by atoms with Gasteiger partial charge in [0.1, 0.15) is 12.7 Å². The summed E-state index contributed by atoms with van der Waals surface area (Å²) in [4.78, 5) is 16.7. The van der Waals surface area contributed by atoms with Crippen molar-refractivity contribution in [3.8, 4) is 5.69 Å². The first-order valence-electron chi connectivity index (χ1n) is 8.67. The van der Waals surface area contributed by atoms with Crippen LogP contribution in [0.1, 0.15) is 10.4 Å². The van der Waals surface area contributed by atoms with Crippen LogP contribution in [-0.2, 0) is 0 Å². The highest BCUT2D eigenvalue weighted by molar-refractivity contribution is 6.33. The van der Waals surface area contributed by atoms with Crippen molar-refractivity contribution in [3.63, 3.8) is 0 Å². The summed E-state index contributed by atoms with van der Waals surface area (Å²) in [6, 6.07) is 13.0. The normalized spacial score (nSPS) is 14.4. The molecule has 0 spiro atoms. The molecule has 1 saturated heterocycles. The Kier molecular flexibility index (Phi) is 4.68. The Hall–Kier alpha value is -3.06. The van der Waals surface area contributed by atoms with Crippen LogP contribution in [0.3, 0.4) is 0 Å². The number of halogens is 1. The zero-order valence-electron chi connectivity index (χ0n) is 14.6. The van der Waals surface area contributed by atoms with Gasteiger partial charge in [-0.15, -0.1) is 10.2 Å². The summed E-state index contributed by atoms with van der Waals surface area (Å²) in [7, 11) is 0. The summed E-state index contributed by atoms with van der Waals surface area (Å²) in [5.41, 5.74) is 9.38. The minimum absolute atomic E-state index is 0.0313. The second-order valence-corrected chi connectivity index (χ2v) is 6.78. The van der Waals surface area contributed by atoms with E-state index in [2.05, 4.69) is 15.1 Å². The summed E-state index contributed by atoms with van der Waals surface area (Å²) in [5, 5.41) is 8.11. The highest BCUT2D eigenvalue weighted by Gasteiger charge is 2.24. The number of hydrogen-bond acceptors (Lipinski definition) is 5. The Morgan fingerprint density at radius 1 is 1.00 bits per heavy atom. The van der Waals surface area contributed by atoms with Crippen molar-refractivity contribution in [1.82, 2.24) is 19.7 Å². The number of aromatic nitrogens is 3. The average Bonchev–Trinajstić information content (AvgIpc) is 3.23. The predicted octanol–water partition coefficient (Wildman–Crippen LogP) is 2.47. The van der Waals surface area contributed by atoms with E-state index in [-0.39, 0.29) is 5.91 Å². The SMILES string of the molecule is Nc1cc(-n2cnnc2)ccc1N1CCN(C(=O)c2ccccc2Cl)CC1. The monoisotopic (exact) mass is 382 g/mol. The molecule has 27 heavy (non-hydrogen) atoms. The van der Waals surface area contributed by atoms with Crippen LogP contribution in [0.4, 0.5) is 11.4 Å². The molecular weight excluding hydrogens is 364 g/mol. The van der Waals surface area contributed by atoms with Crippen molar-refractivity contribution in [2.45, 2.75) is 0 Å². The van der Waals surface area contributed by atoms with Gasteiger partial charge in [-0.25, -0.2) is 0 Å². The maximum atomic E-state index is 12.7. The smallest absolute Gasteiger partial charge is 0.255 e. The molecule has 7 nitrogen and oxygen atoms in total. The number of rotatable bonds is 3. The number of amides is 1. The molecule has 1 fully saturated rings. The topological polar surface area (TPSA) is 80.3 Å². The Labute approximate surface area is 162 Å². The van der Waals surface area contributed by atoms with Gasteiger partial charge in [0.2, 0.25) is 0 Å². The molecule has 0 atom stereocenters. The molecule has 0 unspecified atom stereocenters. The van der Waals surface area contributed by atoms with Gasteiger partial charge in [-0.05, 0) is 30.3 Å². The third-order valence-electron chi connectivity index (χ3n) is 4.74. The Balaban J connectivity index is 1.45. The highest BCUT2D eigenvalue weighted by Crippen LogP contribution is 2.27. The molecule has 138 valence electrons. The third-order valence-corrected chi connectivity index (χ3v) is 5.07. The second-order valence-electron chi connectivity index (χ2n) is 6.37. The second kappa shape index (κ2) is 7.28. The van der Waals surface area contributed by atoms with Gasteiger partial charge in [-0.2, -0.15) is 0 Å². The van der Waals surface area contributed by atoms with E-state index in [0.29, 0.717) is 42.5 Å². The number of nitrogens with two attached hydrogens (primary N) is 1. The molecule has 2 heterocycles. The number of carbonyl (C=O) groups excluding carboxylic acids is 1. The van der Waals surface area contributed by atoms with E-state index in [1.54, 1.807) is 29.4 Å². The summed E-state index contributed by atoms with van der Waals surface area (Å²) in [5.74, 6) is -0.0313. The van der Waals surface area contributed by atoms with Crippen molar-refractivity contribution >= 4 is 28.9 Å². The van der Waals surface area contributed by atoms with Crippen LogP contribution in [0.2, 0.25) is 5.02 Å². The lowest BCUT2D eigenvalue weighted by atomic mass is 10.1. The van der Waals surface area contributed by atoms with Crippen molar-refractivity contribution in [1.29, 1.82) is 0 Å². The van der Waals surface area contributed by atoms with Crippen molar-refractivity contribution in [2.24, 2.45) is 0 Å². The number of anilines is 2. The molecule has 0 radical (unpaired) electrons. The van der Waals surface area contributed by atoms with Crippen LogP contribution in [-0.4, -0.2) is 51.8 Å². The Morgan fingerprint density at radius 3 is 2.37 bits per heavy atom. The first-order valence-corrected chi connectivity index (χ1v) is 9.04. The summed E-state index contributed by atoms with van der Waals surface area (Å²) in [6.07, 6.45) is 3.26. The number of piperazine rings is 1. The highest BCUT2D eigenvalue weighted by atomic mass is 35.5. The van der Waals surface area contributed by atoms with Crippen molar-refractivity contribution < 1.29 is 4.79 Å². The van der Waals surface area contributed by atoms with E-state index in [4.69, 9.17) is 17.3 Å². The molecule has 0 aliphatic carbocycles. The van der Waals surface area contributed by atoms with Gasteiger partial charge in [0.25, 0.3) is 5.91 Å². The first kappa shape index (κ1) is 17.4. The summed E-state index contributed by atoms with van der Waals surface area (Å²) >= 11 is 6.16. The number of hydrogen-bond donors (Lipinski definition) is 1. The standard InChI is InChI=1S/C19H19ClN6O/c20-16-4-2-1-3-15(16)19(27)25-9-7-24(8-10-25)18-6-5-14(11-17(18)21)26-12-22-23-13-26/h1-6,11-13H,7-10,21H2. The fraction of sp³-hybridized carbons (Fsp3) is 0.211. The lowest BCUT2D eigenvalue weighted by Crippen LogP contribution is -2.49. The fourth-order valence-corrected chi connectivity index (χ4v) is 3.50. The molecule has 2 aromatic carbocycles. The van der Waals surface area contributed by atoms with E-state index in [0.717, 1.165) is 11.4 Å². The van der Waals surface area contributed by atoms with E-state index >= 15 is 0 Å². The molecule has 1 aromatic heterocycles.